The smallest absolute Gasteiger partial charge is 0.442 e. The van der Waals surface area contributed by atoms with Crippen molar-refractivity contribution in [3.05, 3.63) is 84.5 Å². The molecular weight excluding hydrogens is 641 g/mol. The molecule has 0 unspecified atom stereocenters. The number of oxazole rings is 2. The summed E-state index contributed by atoms with van der Waals surface area (Å²) in [6, 6.07) is 13.5. The molecule has 0 amide bonds. The molecule has 0 aliphatic carbocycles. The summed E-state index contributed by atoms with van der Waals surface area (Å²) >= 11 is 0. The van der Waals surface area contributed by atoms with Crippen LogP contribution in [0.15, 0.2) is 80.9 Å². The Balaban J connectivity index is 1.45. The van der Waals surface area contributed by atoms with E-state index < -0.39 is 28.6 Å². The van der Waals surface area contributed by atoms with Crippen LogP contribution in [-0.2, 0) is 23.5 Å². The highest BCUT2D eigenvalue weighted by Crippen LogP contribution is 2.46. The number of alkyl halides is 2. The van der Waals surface area contributed by atoms with E-state index >= 15 is 4.39 Å². The highest BCUT2D eigenvalue weighted by Gasteiger charge is 2.43. The number of sulfone groups is 1. The molecule has 3 aromatic carbocycles. The molecule has 47 heavy (non-hydrogen) atoms. The molecule has 3 aromatic heterocycles. The molecule has 1 aliphatic heterocycles. The zero-order valence-electron chi connectivity index (χ0n) is 24.8. The van der Waals surface area contributed by atoms with Gasteiger partial charge in [0.15, 0.2) is 45.1 Å². The van der Waals surface area contributed by atoms with Gasteiger partial charge in [-0.2, -0.15) is 5.10 Å². The lowest BCUT2D eigenvalue weighted by Gasteiger charge is -2.14. The average Bonchev–Trinajstić information content (AvgIpc) is 3.81. The highest BCUT2D eigenvalue weighted by molar-refractivity contribution is 7.90. The van der Waals surface area contributed by atoms with Crippen LogP contribution in [0.25, 0.3) is 56.4 Å². The number of aryl methyl sites for hydroxylation is 2. The molecule has 6 aromatic rings. The monoisotopic (exact) mass is 664 g/mol. The van der Waals surface area contributed by atoms with Crippen molar-refractivity contribution in [2.75, 3.05) is 6.26 Å². The van der Waals surface area contributed by atoms with E-state index in [4.69, 9.17) is 8.83 Å². The van der Waals surface area contributed by atoms with Crippen molar-refractivity contribution in [1.82, 2.24) is 19.7 Å². The Morgan fingerprint density at radius 3 is 2.45 bits per heavy atom. The zero-order valence-corrected chi connectivity index (χ0v) is 25.6. The molecule has 1 aliphatic rings. The van der Waals surface area contributed by atoms with Gasteiger partial charge in [-0.25, -0.2) is 22.8 Å². The molecule has 0 spiro atoms. The summed E-state index contributed by atoms with van der Waals surface area (Å²) in [5.74, 6) is -0.335. The van der Waals surface area contributed by atoms with Crippen LogP contribution in [0.5, 0.6) is 11.5 Å². The van der Waals surface area contributed by atoms with Gasteiger partial charge >= 0.3 is 6.29 Å². The van der Waals surface area contributed by atoms with E-state index in [1.54, 1.807) is 42.9 Å². The van der Waals surface area contributed by atoms with Gasteiger partial charge in [-0.1, -0.05) is 12.1 Å². The van der Waals surface area contributed by atoms with E-state index in [9.17, 15) is 22.3 Å². The predicted octanol–water partition coefficient (Wildman–Crippen LogP) is 6.40. The summed E-state index contributed by atoms with van der Waals surface area (Å²) < 4.78 is 90.3. The van der Waals surface area contributed by atoms with Gasteiger partial charge in [0.05, 0.1) is 23.4 Å². The SMILES string of the molecule is Cc1nc(-c2ccc3c(c2)OC(F)(F)O3)c(-c2cc(-c3cc(F)c(CO)c(S(C)(=O)=O)c3)ccc2-c2cc(-c3cnco3)nn2C)o1. The minimum atomic E-state index is -3.92. The fourth-order valence-electron chi connectivity index (χ4n) is 5.48. The van der Waals surface area contributed by atoms with E-state index in [1.165, 1.54) is 36.9 Å². The number of nitrogens with zero attached hydrogens (tertiary/aromatic N) is 4. The third kappa shape index (κ3) is 5.42. The van der Waals surface area contributed by atoms with Crippen molar-refractivity contribution < 1.29 is 45.0 Å². The number of rotatable bonds is 7. The molecule has 0 saturated heterocycles. The van der Waals surface area contributed by atoms with Crippen LogP contribution in [0.3, 0.4) is 0 Å². The first kappa shape index (κ1) is 30.3. The minimum Gasteiger partial charge on any atom is -0.442 e. The van der Waals surface area contributed by atoms with Gasteiger partial charge in [0, 0.05) is 42.5 Å². The molecule has 7 rings (SSSR count). The summed E-state index contributed by atoms with van der Waals surface area (Å²) in [6.07, 6.45) is -0.0993. The molecule has 4 heterocycles. The number of ether oxygens (including phenoxy) is 2. The molecule has 11 nitrogen and oxygen atoms in total. The lowest BCUT2D eigenvalue weighted by Crippen LogP contribution is -2.25. The fraction of sp³-hybridized carbons (Fsp3) is 0.156. The Labute approximate surface area is 264 Å². The molecule has 0 saturated carbocycles. The standard InChI is InChI=1S/C32H23F3N4O7S/c1-16-37-30(18-5-7-26-27(10-18)46-32(34,35)45-26)31(44-16)21-8-17(19-9-23(33)22(14-40)29(11-19)47(3,41)42)4-6-20(21)25-12-24(38-39(25)2)28-13-36-15-43-28/h4-13,15,40H,14H2,1-3H3. The maximum atomic E-state index is 15.2. The van der Waals surface area contributed by atoms with Gasteiger partial charge in [0.2, 0.25) is 0 Å². The Kier molecular flexibility index (Phi) is 6.98. The molecule has 0 atom stereocenters. The van der Waals surface area contributed by atoms with Crippen LogP contribution in [0.2, 0.25) is 0 Å². The number of aliphatic hydroxyl groups is 1. The molecule has 0 fully saturated rings. The first-order valence-corrected chi connectivity index (χ1v) is 15.8. The van der Waals surface area contributed by atoms with E-state index in [0.717, 1.165) is 12.3 Å². The second-order valence-electron chi connectivity index (χ2n) is 10.8. The fourth-order valence-corrected chi connectivity index (χ4v) is 6.43. The third-order valence-electron chi connectivity index (χ3n) is 7.56. The lowest BCUT2D eigenvalue weighted by atomic mass is 9.93. The van der Waals surface area contributed by atoms with E-state index in [-0.39, 0.29) is 44.9 Å². The number of halogens is 3. The number of benzene rings is 3. The van der Waals surface area contributed by atoms with Gasteiger partial charge < -0.3 is 23.4 Å². The van der Waals surface area contributed by atoms with E-state index in [1.807, 2.05) is 0 Å². The Hall–Kier alpha value is -5.41. The summed E-state index contributed by atoms with van der Waals surface area (Å²) in [5, 5.41) is 14.3. The lowest BCUT2D eigenvalue weighted by molar-refractivity contribution is -0.286. The molecule has 0 radical (unpaired) electrons. The summed E-state index contributed by atoms with van der Waals surface area (Å²) in [4.78, 5) is 8.15. The first-order chi connectivity index (χ1) is 22.3. The summed E-state index contributed by atoms with van der Waals surface area (Å²) in [7, 11) is -2.20. The van der Waals surface area contributed by atoms with Crippen molar-refractivity contribution in [2.24, 2.45) is 7.05 Å². The van der Waals surface area contributed by atoms with Gasteiger partial charge in [0.1, 0.15) is 17.2 Å². The molecule has 0 bridgehead atoms. The van der Waals surface area contributed by atoms with Crippen LogP contribution >= 0.6 is 0 Å². The molecule has 15 heteroatoms. The number of aliphatic hydroxyl groups excluding tert-OH is 1. The van der Waals surface area contributed by atoms with Gasteiger partial charge in [-0.3, -0.25) is 4.68 Å². The van der Waals surface area contributed by atoms with Crippen LogP contribution in [-0.4, -0.2) is 45.8 Å². The average molecular weight is 665 g/mol. The Bertz CT molecular complexity index is 2300. The number of hydrogen-bond donors (Lipinski definition) is 1. The Morgan fingerprint density at radius 2 is 1.72 bits per heavy atom. The van der Waals surface area contributed by atoms with Crippen molar-refractivity contribution in [1.29, 1.82) is 0 Å². The van der Waals surface area contributed by atoms with Gasteiger partial charge in [-0.05, 0) is 53.6 Å². The van der Waals surface area contributed by atoms with Crippen molar-refractivity contribution in [2.45, 2.75) is 24.7 Å². The molecule has 240 valence electrons. The Morgan fingerprint density at radius 1 is 0.957 bits per heavy atom. The quantitative estimate of drug-likeness (QED) is 0.204. The predicted molar refractivity (Wildman–Crippen MR) is 160 cm³/mol. The summed E-state index contributed by atoms with van der Waals surface area (Å²) in [6.45, 7) is 0.806. The maximum absolute atomic E-state index is 15.2. The largest absolute Gasteiger partial charge is 0.586 e. The summed E-state index contributed by atoms with van der Waals surface area (Å²) in [5.41, 5.74) is 3.02. The van der Waals surface area contributed by atoms with Crippen LogP contribution in [0, 0.1) is 12.7 Å². The van der Waals surface area contributed by atoms with E-state index in [0.29, 0.717) is 39.4 Å². The first-order valence-electron chi connectivity index (χ1n) is 13.9. The van der Waals surface area contributed by atoms with E-state index in [2.05, 4.69) is 24.5 Å². The van der Waals surface area contributed by atoms with Gasteiger partial charge in [-0.15, -0.1) is 8.78 Å². The van der Waals surface area contributed by atoms with Crippen LogP contribution < -0.4 is 9.47 Å². The number of fused-ring (bicyclic) bond motifs is 1. The molecule has 1 N–H and O–H groups in total. The van der Waals surface area contributed by atoms with Crippen molar-refractivity contribution >= 4 is 9.84 Å². The second-order valence-corrected chi connectivity index (χ2v) is 12.8. The molecular formula is C32H23F3N4O7S. The van der Waals surface area contributed by atoms with Crippen LogP contribution in [0.1, 0.15) is 11.5 Å². The van der Waals surface area contributed by atoms with Gasteiger partial charge in [0.25, 0.3) is 0 Å². The normalized spacial score (nSPS) is 13.8. The second kappa shape index (κ2) is 10.8. The topological polar surface area (TPSA) is 143 Å². The number of aromatic nitrogens is 4. The maximum Gasteiger partial charge on any atom is 0.586 e. The number of hydrogen-bond acceptors (Lipinski definition) is 10. The van der Waals surface area contributed by atoms with Crippen molar-refractivity contribution in [3.8, 4) is 67.9 Å². The third-order valence-corrected chi connectivity index (χ3v) is 8.72. The van der Waals surface area contributed by atoms with Crippen LogP contribution in [0.4, 0.5) is 13.2 Å². The zero-order chi connectivity index (χ0) is 33.2. The van der Waals surface area contributed by atoms with Crippen molar-refractivity contribution in [3.63, 3.8) is 0 Å². The highest BCUT2D eigenvalue weighted by atomic mass is 32.2. The minimum absolute atomic E-state index is 0.145.